The third-order valence-electron chi connectivity index (χ3n) is 2.91. The normalized spacial score (nSPS) is 11.0. The Balaban J connectivity index is 2.17. The molecule has 0 atom stereocenters. The van der Waals surface area contributed by atoms with Crippen molar-refractivity contribution < 1.29 is 32.2 Å². The molecule has 0 spiro atoms. The average Bonchev–Trinajstić information content (AvgIpc) is 2.52. The number of rotatable bonds is 6. The van der Waals surface area contributed by atoms with E-state index in [-0.39, 0.29) is 17.9 Å². The van der Waals surface area contributed by atoms with Gasteiger partial charge in [0.1, 0.15) is 18.6 Å². The number of hydrogen-bond acceptors (Lipinski definition) is 4. The number of carbonyl (C=O) groups is 1. The molecule has 23 heavy (non-hydrogen) atoms. The lowest BCUT2D eigenvalue weighted by atomic mass is 10.2. The first-order valence-electron chi connectivity index (χ1n) is 6.52. The van der Waals surface area contributed by atoms with Crippen molar-refractivity contribution in [1.82, 2.24) is 0 Å². The van der Waals surface area contributed by atoms with Crippen molar-refractivity contribution in [1.29, 1.82) is 0 Å². The molecule has 7 heteroatoms. The van der Waals surface area contributed by atoms with Gasteiger partial charge in [0.2, 0.25) is 0 Å². The number of ether oxygens (including phenoxy) is 3. The molecule has 0 aliphatic heterocycles. The minimum absolute atomic E-state index is 0.150. The lowest BCUT2D eigenvalue weighted by Gasteiger charge is -2.15. The van der Waals surface area contributed by atoms with Crippen LogP contribution in [0.4, 0.5) is 13.2 Å². The summed E-state index contributed by atoms with van der Waals surface area (Å²) in [4.78, 5) is 10.7. The van der Waals surface area contributed by atoms with Crippen molar-refractivity contribution in [2.75, 3.05) is 7.11 Å². The number of para-hydroxylation sites is 1. The van der Waals surface area contributed by atoms with Crippen molar-refractivity contribution in [3.8, 4) is 17.2 Å². The first kappa shape index (κ1) is 16.7. The maximum absolute atomic E-state index is 12.4. The lowest BCUT2D eigenvalue weighted by molar-refractivity contribution is -0.275. The minimum Gasteiger partial charge on any atom is -0.493 e. The quantitative estimate of drug-likeness (QED) is 0.753. The topological polar surface area (TPSA) is 44.8 Å². The number of aldehydes is 1. The molecule has 122 valence electrons. The Kier molecular flexibility index (Phi) is 5.10. The van der Waals surface area contributed by atoms with Gasteiger partial charge in [-0.25, -0.2) is 0 Å². The van der Waals surface area contributed by atoms with E-state index in [0.717, 1.165) is 0 Å². The second-order valence-electron chi connectivity index (χ2n) is 4.47. The van der Waals surface area contributed by atoms with Crippen LogP contribution >= 0.6 is 0 Å². The zero-order chi connectivity index (χ0) is 16.9. The van der Waals surface area contributed by atoms with Gasteiger partial charge in [0, 0.05) is 11.1 Å². The molecule has 0 radical (unpaired) electrons. The molecule has 0 saturated carbocycles. The van der Waals surface area contributed by atoms with E-state index in [2.05, 4.69) is 4.74 Å². The third kappa shape index (κ3) is 4.64. The van der Waals surface area contributed by atoms with Crippen LogP contribution in [0.3, 0.4) is 0 Å². The summed E-state index contributed by atoms with van der Waals surface area (Å²) in [6.07, 6.45) is -4.13. The van der Waals surface area contributed by atoms with E-state index < -0.39 is 6.36 Å². The molecule has 0 bridgehead atoms. The Hall–Kier alpha value is -2.70. The SMILES string of the molecule is COc1cc(C=O)ccc1OCc1ccccc1OC(F)(F)F. The highest BCUT2D eigenvalue weighted by Gasteiger charge is 2.32. The number of methoxy groups -OCH3 is 1. The second-order valence-corrected chi connectivity index (χ2v) is 4.47. The van der Waals surface area contributed by atoms with Gasteiger partial charge in [0.05, 0.1) is 7.11 Å². The number of benzene rings is 2. The highest BCUT2D eigenvalue weighted by Crippen LogP contribution is 2.31. The Morgan fingerprint density at radius 3 is 2.43 bits per heavy atom. The van der Waals surface area contributed by atoms with Gasteiger partial charge in [-0.3, -0.25) is 4.79 Å². The van der Waals surface area contributed by atoms with Gasteiger partial charge in [-0.2, -0.15) is 0 Å². The predicted molar refractivity (Wildman–Crippen MR) is 75.8 cm³/mol. The first-order valence-corrected chi connectivity index (χ1v) is 6.52. The first-order chi connectivity index (χ1) is 10.9. The summed E-state index contributed by atoms with van der Waals surface area (Å²) in [5, 5.41) is 0. The van der Waals surface area contributed by atoms with Gasteiger partial charge < -0.3 is 14.2 Å². The smallest absolute Gasteiger partial charge is 0.493 e. The Morgan fingerprint density at radius 2 is 1.78 bits per heavy atom. The van der Waals surface area contributed by atoms with Crippen LogP contribution in [0.15, 0.2) is 42.5 Å². The van der Waals surface area contributed by atoms with Gasteiger partial charge in [-0.1, -0.05) is 18.2 Å². The molecule has 0 aliphatic carbocycles. The van der Waals surface area contributed by atoms with E-state index in [1.165, 1.54) is 43.5 Å². The second kappa shape index (κ2) is 7.04. The summed E-state index contributed by atoms with van der Waals surface area (Å²) < 4.78 is 51.6. The highest BCUT2D eigenvalue weighted by molar-refractivity contribution is 5.76. The Labute approximate surface area is 130 Å². The van der Waals surface area contributed by atoms with Crippen molar-refractivity contribution in [2.45, 2.75) is 13.0 Å². The molecule has 0 aliphatic rings. The molecule has 0 saturated heterocycles. The third-order valence-corrected chi connectivity index (χ3v) is 2.91. The summed E-state index contributed by atoms with van der Waals surface area (Å²) in [5.41, 5.74) is 0.626. The molecule has 2 rings (SSSR count). The summed E-state index contributed by atoms with van der Waals surface area (Å²) >= 11 is 0. The maximum Gasteiger partial charge on any atom is 0.573 e. The summed E-state index contributed by atoms with van der Waals surface area (Å²) in [6, 6.07) is 10.2. The van der Waals surface area contributed by atoms with Crippen molar-refractivity contribution >= 4 is 6.29 Å². The molecule has 0 amide bonds. The molecule has 2 aromatic rings. The molecular weight excluding hydrogens is 313 g/mol. The molecule has 0 N–H and O–H groups in total. The van der Waals surface area contributed by atoms with E-state index >= 15 is 0 Å². The van der Waals surface area contributed by atoms with E-state index in [9.17, 15) is 18.0 Å². The lowest BCUT2D eigenvalue weighted by Crippen LogP contribution is -2.18. The Morgan fingerprint density at radius 1 is 1.04 bits per heavy atom. The van der Waals surface area contributed by atoms with Gasteiger partial charge in [0.25, 0.3) is 0 Å². The molecule has 0 fully saturated rings. The highest BCUT2D eigenvalue weighted by atomic mass is 19.4. The zero-order valence-corrected chi connectivity index (χ0v) is 12.1. The van der Waals surface area contributed by atoms with E-state index in [1.807, 2.05) is 0 Å². The van der Waals surface area contributed by atoms with E-state index in [1.54, 1.807) is 6.07 Å². The number of halogens is 3. The predicted octanol–water partition coefficient (Wildman–Crippen LogP) is 3.99. The van der Waals surface area contributed by atoms with Crippen molar-refractivity contribution in [2.24, 2.45) is 0 Å². The monoisotopic (exact) mass is 326 g/mol. The van der Waals surface area contributed by atoms with Crippen LogP contribution in [0.5, 0.6) is 17.2 Å². The molecule has 0 unspecified atom stereocenters. The van der Waals surface area contributed by atoms with Gasteiger partial charge >= 0.3 is 6.36 Å². The molecule has 0 heterocycles. The molecule has 2 aromatic carbocycles. The van der Waals surface area contributed by atoms with E-state index in [0.29, 0.717) is 23.3 Å². The largest absolute Gasteiger partial charge is 0.573 e. The Bertz CT molecular complexity index is 683. The van der Waals surface area contributed by atoms with Crippen LogP contribution in [0.25, 0.3) is 0 Å². The van der Waals surface area contributed by atoms with Crippen LogP contribution in [0.2, 0.25) is 0 Å². The number of hydrogen-bond donors (Lipinski definition) is 0. The summed E-state index contributed by atoms with van der Waals surface area (Å²) in [5.74, 6) is 0.284. The van der Waals surface area contributed by atoms with Crippen LogP contribution in [0, 0.1) is 0 Å². The summed E-state index contributed by atoms with van der Waals surface area (Å²) in [6.45, 7) is -0.150. The van der Waals surface area contributed by atoms with Gasteiger partial charge in [-0.15, -0.1) is 13.2 Å². The van der Waals surface area contributed by atoms with Gasteiger partial charge in [-0.05, 0) is 24.3 Å². The molecule has 0 aromatic heterocycles. The fourth-order valence-electron chi connectivity index (χ4n) is 1.88. The van der Waals surface area contributed by atoms with Crippen LogP contribution in [-0.4, -0.2) is 19.8 Å². The minimum atomic E-state index is -4.78. The maximum atomic E-state index is 12.4. The van der Waals surface area contributed by atoms with Crippen LogP contribution in [-0.2, 0) is 6.61 Å². The molecule has 4 nitrogen and oxygen atoms in total. The van der Waals surface area contributed by atoms with Crippen LogP contribution in [0.1, 0.15) is 15.9 Å². The zero-order valence-electron chi connectivity index (χ0n) is 12.1. The molecular formula is C16H13F3O4. The fraction of sp³-hybridized carbons (Fsp3) is 0.188. The van der Waals surface area contributed by atoms with E-state index in [4.69, 9.17) is 9.47 Å². The number of carbonyl (C=O) groups excluding carboxylic acids is 1. The standard InChI is InChI=1S/C16H13F3O4/c1-21-15-8-11(9-20)6-7-14(15)22-10-12-4-2-3-5-13(12)23-16(17,18)19/h2-9H,10H2,1H3. The van der Waals surface area contributed by atoms with Gasteiger partial charge in [0.15, 0.2) is 11.5 Å². The fourth-order valence-corrected chi connectivity index (χ4v) is 1.88. The van der Waals surface area contributed by atoms with Crippen molar-refractivity contribution in [3.63, 3.8) is 0 Å². The van der Waals surface area contributed by atoms with Crippen molar-refractivity contribution in [3.05, 3.63) is 53.6 Å². The number of alkyl halides is 3. The van der Waals surface area contributed by atoms with Crippen LogP contribution < -0.4 is 14.2 Å². The summed E-state index contributed by atoms with van der Waals surface area (Å²) in [7, 11) is 1.40. The average molecular weight is 326 g/mol.